The summed E-state index contributed by atoms with van der Waals surface area (Å²) in [6.45, 7) is 4.61. The van der Waals surface area contributed by atoms with Crippen molar-refractivity contribution < 1.29 is 14.4 Å². The molecule has 35 heavy (non-hydrogen) atoms. The zero-order chi connectivity index (χ0) is 24.0. The molecule has 1 aromatic heterocycles. The van der Waals surface area contributed by atoms with Crippen LogP contribution in [0, 0.1) is 6.92 Å². The number of hydrogen-bond donors (Lipinski definition) is 1. The Balaban J connectivity index is 1.11. The summed E-state index contributed by atoms with van der Waals surface area (Å²) in [5.41, 5.74) is 2.32. The van der Waals surface area contributed by atoms with Gasteiger partial charge in [0.25, 0.3) is 5.89 Å². The van der Waals surface area contributed by atoms with Gasteiger partial charge in [-0.15, -0.1) is 0 Å². The first-order chi connectivity index (χ1) is 17.1. The van der Waals surface area contributed by atoms with Gasteiger partial charge in [-0.3, -0.25) is 0 Å². The number of benzene rings is 3. The lowest BCUT2D eigenvalue weighted by Crippen LogP contribution is -2.40. The van der Waals surface area contributed by atoms with Crippen LogP contribution in [-0.4, -0.2) is 52.5 Å². The van der Waals surface area contributed by atoms with Crippen LogP contribution in [0.25, 0.3) is 22.9 Å². The summed E-state index contributed by atoms with van der Waals surface area (Å²) in [6.07, 6.45) is 5.30. The lowest BCUT2D eigenvalue weighted by Gasteiger charge is -2.33. The molecule has 4 aromatic rings. The maximum absolute atomic E-state index is 10.6. The van der Waals surface area contributed by atoms with Crippen LogP contribution < -0.4 is 4.74 Å². The molecule has 1 atom stereocenters. The average molecular weight is 470 g/mol. The minimum Gasteiger partial charge on any atom is -0.490 e. The molecule has 1 fully saturated rings. The summed E-state index contributed by atoms with van der Waals surface area (Å²) >= 11 is 0. The van der Waals surface area contributed by atoms with E-state index in [0.717, 1.165) is 31.5 Å². The summed E-state index contributed by atoms with van der Waals surface area (Å²) in [5.74, 6) is 2.34. The summed E-state index contributed by atoms with van der Waals surface area (Å²) in [7, 11) is 0. The monoisotopic (exact) mass is 469 g/mol. The summed E-state index contributed by atoms with van der Waals surface area (Å²) in [4.78, 5) is 6.52. The molecule has 5 rings (SSSR count). The van der Waals surface area contributed by atoms with Gasteiger partial charge in [0.2, 0.25) is 0 Å². The molecule has 0 saturated carbocycles. The molecule has 0 spiro atoms. The van der Waals surface area contributed by atoms with Crippen LogP contribution in [0.2, 0.25) is 0 Å². The molecule has 0 amide bonds. The Hall–Kier alpha value is -3.48. The van der Waals surface area contributed by atoms with E-state index in [0.29, 0.717) is 29.9 Å². The second kappa shape index (κ2) is 10.8. The number of β-amino-alcohol motifs (C(OH)–C–C–N with tert-alkyl or cyclic N) is 1. The molecule has 0 aliphatic carbocycles. The largest absolute Gasteiger partial charge is 0.490 e. The topological polar surface area (TPSA) is 71.6 Å². The molecule has 6 heteroatoms. The molecule has 1 saturated heterocycles. The van der Waals surface area contributed by atoms with Gasteiger partial charge in [0.15, 0.2) is 5.82 Å². The van der Waals surface area contributed by atoms with E-state index in [4.69, 9.17) is 9.26 Å². The number of aromatic nitrogens is 2. The third-order valence-electron chi connectivity index (χ3n) is 6.60. The average Bonchev–Trinajstić information content (AvgIpc) is 3.32. The van der Waals surface area contributed by atoms with Crippen molar-refractivity contribution in [3.63, 3.8) is 0 Å². The highest BCUT2D eigenvalue weighted by Gasteiger charge is 2.22. The van der Waals surface area contributed by atoms with Crippen molar-refractivity contribution in [1.29, 1.82) is 0 Å². The number of aliphatic hydroxyl groups excluding tert-OH is 1. The van der Waals surface area contributed by atoms with Gasteiger partial charge in [-0.1, -0.05) is 65.8 Å². The molecule has 0 radical (unpaired) electrons. The zero-order valence-electron chi connectivity index (χ0n) is 20.0. The van der Waals surface area contributed by atoms with Crippen LogP contribution >= 0.6 is 0 Å². The predicted molar refractivity (Wildman–Crippen MR) is 138 cm³/mol. The predicted octanol–water partition coefficient (Wildman–Crippen LogP) is 5.32. The molecular weight excluding hydrogens is 438 g/mol. The lowest BCUT2D eigenvalue weighted by atomic mass is 9.88. The van der Waals surface area contributed by atoms with Gasteiger partial charge in [-0.05, 0) is 67.3 Å². The van der Waals surface area contributed by atoms with Crippen molar-refractivity contribution in [1.82, 2.24) is 15.0 Å². The first kappa shape index (κ1) is 23.3. The Kier molecular flexibility index (Phi) is 7.21. The van der Waals surface area contributed by atoms with Crippen molar-refractivity contribution in [3.05, 3.63) is 89.6 Å². The standard InChI is InChI=1S/C29H31N3O3/c1-21-30-29(35-31-21)13-12-24-7-4-5-9-28(24)34-20-27(33)19-32-16-14-23(15-17-32)26-11-10-22-6-2-3-8-25(22)18-26/h2-13,18,23,27,33H,14-17,19-20H2,1H3. The van der Waals surface area contributed by atoms with Gasteiger partial charge >= 0.3 is 0 Å². The van der Waals surface area contributed by atoms with E-state index >= 15 is 0 Å². The lowest BCUT2D eigenvalue weighted by molar-refractivity contribution is 0.0594. The minimum absolute atomic E-state index is 0.245. The number of piperidine rings is 1. The number of aliphatic hydroxyl groups is 1. The molecule has 1 aliphatic heterocycles. The Morgan fingerprint density at radius 1 is 1.03 bits per heavy atom. The molecule has 3 aromatic carbocycles. The fourth-order valence-corrected chi connectivity index (χ4v) is 4.74. The van der Waals surface area contributed by atoms with Crippen molar-refractivity contribution in [2.75, 3.05) is 26.2 Å². The van der Waals surface area contributed by atoms with E-state index in [-0.39, 0.29) is 6.61 Å². The number of fused-ring (bicyclic) bond motifs is 1. The second-order valence-corrected chi connectivity index (χ2v) is 9.20. The smallest absolute Gasteiger partial charge is 0.250 e. The fraction of sp³-hybridized carbons (Fsp3) is 0.310. The third-order valence-corrected chi connectivity index (χ3v) is 6.60. The molecule has 180 valence electrons. The summed E-state index contributed by atoms with van der Waals surface area (Å²) < 4.78 is 11.1. The minimum atomic E-state index is -0.553. The van der Waals surface area contributed by atoms with Gasteiger partial charge in [-0.2, -0.15) is 4.98 Å². The fourth-order valence-electron chi connectivity index (χ4n) is 4.74. The maximum atomic E-state index is 10.6. The first-order valence-corrected chi connectivity index (χ1v) is 12.2. The van der Waals surface area contributed by atoms with Crippen LogP contribution in [-0.2, 0) is 0 Å². The number of likely N-dealkylation sites (tertiary alicyclic amines) is 1. The normalized spacial score (nSPS) is 16.2. The summed E-state index contributed by atoms with van der Waals surface area (Å²) in [6, 6.07) is 23.1. The van der Waals surface area contributed by atoms with Crippen LogP contribution in [0.3, 0.4) is 0 Å². The van der Waals surface area contributed by atoms with Crippen LogP contribution in [0.1, 0.15) is 41.6 Å². The molecule has 0 bridgehead atoms. The van der Waals surface area contributed by atoms with Crippen LogP contribution in [0.4, 0.5) is 0 Å². The SMILES string of the molecule is Cc1noc(C=Cc2ccccc2OCC(O)CN2CCC(c3ccc4ccccc4c3)CC2)n1. The van der Waals surface area contributed by atoms with E-state index < -0.39 is 6.10 Å². The number of nitrogens with zero attached hydrogens (tertiary/aromatic N) is 3. The maximum Gasteiger partial charge on any atom is 0.250 e. The zero-order valence-corrected chi connectivity index (χ0v) is 20.0. The van der Waals surface area contributed by atoms with Crippen LogP contribution in [0.15, 0.2) is 71.3 Å². The molecular formula is C29H31N3O3. The molecule has 1 N–H and O–H groups in total. The van der Waals surface area contributed by atoms with Gasteiger partial charge in [0.1, 0.15) is 18.5 Å². The van der Waals surface area contributed by atoms with Crippen molar-refractivity contribution >= 4 is 22.9 Å². The molecule has 2 heterocycles. The molecule has 6 nitrogen and oxygen atoms in total. The Bertz CT molecular complexity index is 1290. The molecule has 1 unspecified atom stereocenters. The Morgan fingerprint density at radius 2 is 1.80 bits per heavy atom. The highest BCUT2D eigenvalue weighted by atomic mass is 16.5. The second-order valence-electron chi connectivity index (χ2n) is 9.20. The van der Waals surface area contributed by atoms with Crippen molar-refractivity contribution in [3.8, 4) is 5.75 Å². The van der Waals surface area contributed by atoms with Gasteiger partial charge < -0.3 is 19.3 Å². The summed E-state index contributed by atoms with van der Waals surface area (Å²) in [5, 5.41) is 17.0. The number of para-hydroxylation sites is 1. The first-order valence-electron chi connectivity index (χ1n) is 12.2. The van der Waals surface area contributed by atoms with Gasteiger partial charge in [-0.25, -0.2) is 0 Å². The van der Waals surface area contributed by atoms with E-state index in [9.17, 15) is 5.11 Å². The highest BCUT2D eigenvalue weighted by Crippen LogP contribution is 2.30. The number of hydrogen-bond acceptors (Lipinski definition) is 6. The third kappa shape index (κ3) is 5.96. The van der Waals surface area contributed by atoms with Gasteiger partial charge in [0, 0.05) is 18.2 Å². The van der Waals surface area contributed by atoms with Crippen molar-refractivity contribution in [2.45, 2.75) is 31.8 Å². The van der Waals surface area contributed by atoms with Crippen molar-refractivity contribution in [2.24, 2.45) is 0 Å². The Morgan fingerprint density at radius 3 is 2.60 bits per heavy atom. The quantitative estimate of drug-likeness (QED) is 0.377. The van der Waals surface area contributed by atoms with Gasteiger partial charge in [0.05, 0.1) is 0 Å². The van der Waals surface area contributed by atoms with E-state index in [2.05, 4.69) is 57.5 Å². The van der Waals surface area contributed by atoms with Crippen LogP contribution in [0.5, 0.6) is 5.75 Å². The van der Waals surface area contributed by atoms with E-state index in [1.54, 1.807) is 13.0 Å². The number of rotatable bonds is 8. The number of ether oxygens (including phenoxy) is 1. The Labute approximate surface area is 205 Å². The van der Waals surface area contributed by atoms with E-state index in [1.165, 1.54) is 16.3 Å². The highest BCUT2D eigenvalue weighted by molar-refractivity contribution is 5.83. The molecule has 1 aliphatic rings. The number of aryl methyl sites for hydroxylation is 1. The van der Waals surface area contributed by atoms with E-state index in [1.807, 2.05) is 30.3 Å².